The van der Waals surface area contributed by atoms with Gasteiger partial charge in [0.1, 0.15) is 5.75 Å². The molecule has 0 fully saturated rings. The van der Waals surface area contributed by atoms with Crippen LogP contribution in [-0.2, 0) is 0 Å². The van der Waals surface area contributed by atoms with E-state index in [9.17, 15) is 4.48 Å². The van der Waals surface area contributed by atoms with E-state index in [1.807, 2.05) is 13.8 Å². The predicted octanol–water partition coefficient (Wildman–Crippen LogP) is 2.77. The maximum absolute atomic E-state index is 11.9. The van der Waals surface area contributed by atoms with Gasteiger partial charge in [-0.15, -0.1) is 4.48 Å². The molecule has 3 heteroatoms. The van der Waals surface area contributed by atoms with Crippen molar-refractivity contribution in [3.8, 4) is 5.75 Å². The second-order valence-corrected chi connectivity index (χ2v) is 2.79. The Kier molecular flexibility index (Phi) is 2.91. The van der Waals surface area contributed by atoms with Gasteiger partial charge in [-0.2, -0.15) is 0 Å². The Morgan fingerprint density at radius 1 is 1.42 bits per heavy atom. The lowest BCUT2D eigenvalue weighted by Gasteiger charge is -2.09. The monoisotopic (exact) mass is 169 g/mol. The first-order valence-corrected chi connectivity index (χ1v) is 3.85. The smallest absolute Gasteiger partial charge is 0.121 e. The molecule has 0 saturated heterocycles. The van der Waals surface area contributed by atoms with Gasteiger partial charge in [0.15, 0.2) is 0 Å². The van der Waals surface area contributed by atoms with E-state index < -0.39 is 0 Å². The van der Waals surface area contributed by atoms with E-state index in [0.29, 0.717) is 11.4 Å². The first-order valence-electron chi connectivity index (χ1n) is 3.85. The topological polar surface area (TPSA) is 21.3 Å². The molecular formula is C9H12FNO. The summed E-state index contributed by atoms with van der Waals surface area (Å²) in [4.78, 5) is 0. The minimum absolute atomic E-state index is 0.111. The molecular weight excluding hydrogens is 157 g/mol. The van der Waals surface area contributed by atoms with Crippen LogP contribution in [0.2, 0.25) is 0 Å². The van der Waals surface area contributed by atoms with Crippen LogP contribution in [-0.4, -0.2) is 6.10 Å². The molecule has 0 radical (unpaired) electrons. The van der Waals surface area contributed by atoms with Gasteiger partial charge in [-0.25, -0.2) is 5.54 Å². The number of rotatable bonds is 3. The highest BCUT2D eigenvalue weighted by atomic mass is 19.2. The zero-order valence-corrected chi connectivity index (χ0v) is 7.17. The van der Waals surface area contributed by atoms with Gasteiger partial charge in [-0.3, -0.25) is 0 Å². The first-order chi connectivity index (χ1) is 5.72. The summed E-state index contributed by atoms with van der Waals surface area (Å²) in [7, 11) is 0. The summed E-state index contributed by atoms with van der Waals surface area (Å²) in [5.41, 5.74) is 1.97. The third kappa shape index (κ3) is 2.42. The average Bonchev–Trinajstić information content (AvgIpc) is 2.03. The van der Waals surface area contributed by atoms with E-state index in [1.165, 1.54) is 0 Å². The molecule has 1 aromatic rings. The van der Waals surface area contributed by atoms with Crippen LogP contribution in [0, 0.1) is 0 Å². The molecule has 0 aromatic heterocycles. The van der Waals surface area contributed by atoms with Gasteiger partial charge in [0.2, 0.25) is 0 Å². The highest BCUT2D eigenvalue weighted by molar-refractivity contribution is 5.46. The summed E-state index contributed by atoms with van der Waals surface area (Å²) in [5.74, 6) is 0.674. The van der Waals surface area contributed by atoms with Crippen LogP contribution in [0.1, 0.15) is 13.8 Å². The third-order valence-corrected chi connectivity index (χ3v) is 1.31. The van der Waals surface area contributed by atoms with E-state index in [2.05, 4.69) is 0 Å². The van der Waals surface area contributed by atoms with Crippen LogP contribution in [0.3, 0.4) is 0 Å². The molecule has 1 aromatic carbocycles. The first kappa shape index (κ1) is 8.84. The quantitative estimate of drug-likeness (QED) is 0.702. The number of hydrogen-bond donors (Lipinski definition) is 1. The fourth-order valence-corrected chi connectivity index (χ4v) is 0.900. The molecule has 0 aliphatic carbocycles. The predicted molar refractivity (Wildman–Crippen MR) is 46.9 cm³/mol. The average molecular weight is 169 g/mol. The Labute approximate surface area is 71.3 Å². The molecule has 0 bridgehead atoms. The highest BCUT2D eigenvalue weighted by Gasteiger charge is 1.97. The molecule has 0 heterocycles. The minimum Gasteiger partial charge on any atom is -0.491 e. The molecule has 66 valence electrons. The highest BCUT2D eigenvalue weighted by Crippen LogP contribution is 2.18. The van der Waals surface area contributed by atoms with Crippen molar-refractivity contribution in [3.05, 3.63) is 24.3 Å². The molecule has 0 aliphatic rings. The summed E-state index contributed by atoms with van der Waals surface area (Å²) >= 11 is 0. The van der Waals surface area contributed by atoms with Crippen LogP contribution in [0.4, 0.5) is 10.2 Å². The fraction of sp³-hybridized carbons (Fsp3) is 0.333. The molecule has 2 nitrogen and oxygen atoms in total. The molecule has 1 rings (SSSR count). The van der Waals surface area contributed by atoms with Gasteiger partial charge in [0.05, 0.1) is 11.8 Å². The van der Waals surface area contributed by atoms with Crippen molar-refractivity contribution in [2.24, 2.45) is 0 Å². The summed E-state index contributed by atoms with van der Waals surface area (Å²) in [6.45, 7) is 3.85. The van der Waals surface area contributed by atoms with E-state index in [4.69, 9.17) is 4.74 Å². The Morgan fingerprint density at radius 2 is 2.17 bits per heavy atom. The van der Waals surface area contributed by atoms with Gasteiger partial charge in [0, 0.05) is 6.07 Å². The van der Waals surface area contributed by atoms with Crippen molar-refractivity contribution in [2.45, 2.75) is 20.0 Å². The van der Waals surface area contributed by atoms with Gasteiger partial charge in [-0.05, 0) is 26.0 Å². The van der Waals surface area contributed by atoms with E-state index in [-0.39, 0.29) is 6.10 Å². The van der Waals surface area contributed by atoms with Crippen molar-refractivity contribution in [2.75, 3.05) is 5.54 Å². The SMILES string of the molecule is CC(C)Oc1cccc(NF)c1. The Balaban J connectivity index is 2.72. The van der Waals surface area contributed by atoms with Crippen LogP contribution in [0.15, 0.2) is 24.3 Å². The summed E-state index contributed by atoms with van der Waals surface area (Å²) < 4.78 is 17.3. The normalized spacial score (nSPS) is 10.0. The molecule has 0 saturated carbocycles. The van der Waals surface area contributed by atoms with Gasteiger partial charge in [-0.1, -0.05) is 6.07 Å². The lowest BCUT2D eigenvalue weighted by molar-refractivity contribution is 0.242. The van der Waals surface area contributed by atoms with E-state index >= 15 is 0 Å². The molecule has 0 spiro atoms. The van der Waals surface area contributed by atoms with Crippen LogP contribution < -0.4 is 10.3 Å². The van der Waals surface area contributed by atoms with Crippen molar-refractivity contribution in [1.29, 1.82) is 0 Å². The lowest BCUT2D eigenvalue weighted by Crippen LogP contribution is -2.05. The van der Waals surface area contributed by atoms with Crippen molar-refractivity contribution >= 4 is 5.69 Å². The number of halogens is 1. The van der Waals surface area contributed by atoms with Crippen molar-refractivity contribution in [1.82, 2.24) is 0 Å². The van der Waals surface area contributed by atoms with Crippen molar-refractivity contribution in [3.63, 3.8) is 0 Å². The zero-order valence-electron chi connectivity index (χ0n) is 7.17. The Morgan fingerprint density at radius 3 is 2.75 bits per heavy atom. The lowest BCUT2D eigenvalue weighted by atomic mass is 10.3. The second kappa shape index (κ2) is 3.95. The molecule has 0 atom stereocenters. The number of nitrogens with one attached hydrogen (secondary N) is 1. The van der Waals surface area contributed by atoms with Gasteiger partial charge < -0.3 is 4.74 Å². The third-order valence-electron chi connectivity index (χ3n) is 1.31. The standard InChI is InChI=1S/C9H12FNO/c1-7(2)12-9-5-3-4-8(6-9)11-10/h3-7,11H,1-2H3. The number of hydrogen-bond acceptors (Lipinski definition) is 2. The maximum atomic E-state index is 11.9. The molecule has 12 heavy (non-hydrogen) atoms. The van der Waals surface area contributed by atoms with Gasteiger partial charge in [0.25, 0.3) is 0 Å². The Hall–Kier alpha value is -1.25. The Bertz CT molecular complexity index is 250. The fourth-order valence-electron chi connectivity index (χ4n) is 0.900. The van der Waals surface area contributed by atoms with Gasteiger partial charge >= 0.3 is 0 Å². The number of anilines is 1. The minimum atomic E-state index is 0.111. The van der Waals surface area contributed by atoms with E-state index in [0.717, 1.165) is 0 Å². The largest absolute Gasteiger partial charge is 0.491 e. The van der Waals surface area contributed by atoms with Crippen LogP contribution in [0.25, 0.3) is 0 Å². The molecule has 0 aliphatic heterocycles. The maximum Gasteiger partial charge on any atom is 0.121 e. The molecule has 0 amide bonds. The number of ether oxygens (including phenoxy) is 1. The van der Waals surface area contributed by atoms with Crippen LogP contribution in [0.5, 0.6) is 5.75 Å². The summed E-state index contributed by atoms with van der Waals surface area (Å²) in [6.07, 6.45) is 0.111. The van der Waals surface area contributed by atoms with E-state index in [1.54, 1.807) is 29.8 Å². The zero-order chi connectivity index (χ0) is 8.97. The summed E-state index contributed by atoms with van der Waals surface area (Å²) in [5, 5.41) is 0. The molecule has 1 N–H and O–H groups in total. The second-order valence-electron chi connectivity index (χ2n) is 2.79. The van der Waals surface area contributed by atoms with Crippen molar-refractivity contribution < 1.29 is 9.22 Å². The summed E-state index contributed by atoms with van der Waals surface area (Å²) in [6, 6.07) is 6.77. The molecule has 0 unspecified atom stereocenters. The van der Waals surface area contributed by atoms with Crippen LogP contribution >= 0.6 is 0 Å². The number of benzene rings is 1.